The molecule has 184 valence electrons. The van der Waals surface area contributed by atoms with Gasteiger partial charge in [0.1, 0.15) is 5.82 Å². The zero-order chi connectivity index (χ0) is 25.1. The minimum atomic E-state index is -1.90. The van der Waals surface area contributed by atoms with Crippen LogP contribution >= 0.6 is 0 Å². The Kier molecular flexibility index (Phi) is 7.17. The van der Waals surface area contributed by atoms with Gasteiger partial charge in [-0.25, -0.2) is 9.78 Å². The molecule has 2 atom stereocenters. The number of nitrogens with zero attached hydrogens (tertiary/aromatic N) is 1. The summed E-state index contributed by atoms with van der Waals surface area (Å²) in [6.07, 6.45) is 8.92. The monoisotopic (exact) mass is 476 g/mol. The van der Waals surface area contributed by atoms with E-state index < -0.39 is 23.0 Å². The van der Waals surface area contributed by atoms with Gasteiger partial charge in [0.2, 0.25) is 5.78 Å². The predicted molar refractivity (Wildman–Crippen MR) is 132 cm³/mol. The fraction of sp³-hybridized carbons (Fsp3) is 0.429. The number of epoxide rings is 1. The zero-order valence-corrected chi connectivity index (χ0v) is 20.3. The summed E-state index contributed by atoms with van der Waals surface area (Å²) in [5.41, 5.74) is 4.88. The number of aromatic nitrogens is 1. The highest BCUT2D eigenvalue weighted by molar-refractivity contribution is 6.32. The lowest BCUT2D eigenvalue weighted by molar-refractivity contribution is -0.148. The van der Waals surface area contributed by atoms with Gasteiger partial charge in [-0.1, -0.05) is 62.1 Å². The third kappa shape index (κ3) is 4.52. The van der Waals surface area contributed by atoms with E-state index >= 15 is 0 Å². The first-order valence-electron chi connectivity index (χ1n) is 12.3. The molecule has 1 saturated heterocycles. The number of carbonyl (C=O) groups excluding carboxylic acids is 3. The van der Waals surface area contributed by atoms with Gasteiger partial charge in [0.15, 0.2) is 11.4 Å². The fourth-order valence-electron chi connectivity index (χ4n) is 4.74. The molecule has 0 radical (unpaired) electrons. The number of hydrogen-bond donors (Lipinski definition) is 1. The van der Waals surface area contributed by atoms with Gasteiger partial charge in [-0.2, -0.15) is 0 Å². The van der Waals surface area contributed by atoms with Crippen LogP contribution in [0.2, 0.25) is 0 Å². The maximum absolute atomic E-state index is 13.5. The number of ether oxygens (including phenoxy) is 2. The highest BCUT2D eigenvalue weighted by Crippen LogP contribution is 2.58. The normalized spacial score (nSPS) is 23.0. The highest BCUT2D eigenvalue weighted by atomic mass is 16.7. The summed E-state index contributed by atoms with van der Waals surface area (Å²) >= 11 is 0. The Bertz CT molecular complexity index is 1170. The molecule has 0 bridgehead atoms. The zero-order valence-electron chi connectivity index (χ0n) is 20.3. The molecular weight excluding hydrogens is 444 g/mol. The molecule has 1 fully saturated rings. The van der Waals surface area contributed by atoms with E-state index in [1.165, 1.54) is 0 Å². The summed E-state index contributed by atoms with van der Waals surface area (Å²) in [7, 11) is 0. The molecule has 2 heterocycles. The number of nitrogen functional groups attached to an aromatic ring is 1. The Balaban J connectivity index is 1.53. The highest BCUT2D eigenvalue weighted by Gasteiger charge is 2.85. The van der Waals surface area contributed by atoms with Crippen LogP contribution in [0, 0.1) is 0 Å². The average molecular weight is 477 g/mol. The predicted octanol–water partition coefficient (Wildman–Crippen LogP) is 4.64. The Morgan fingerprint density at radius 3 is 2.57 bits per heavy atom. The van der Waals surface area contributed by atoms with Crippen LogP contribution in [0.15, 0.2) is 54.2 Å². The van der Waals surface area contributed by atoms with Gasteiger partial charge in [0.05, 0.1) is 6.61 Å². The maximum Gasteiger partial charge on any atom is 0.350 e. The van der Waals surface area contributed by atoms with Crippen LogP contribution < -0.4 is 5.73 Å². The number of benzene rings is 1. The van der Waals surface area contributed by atoms with Crippen LogP contribution in [0.4, 0.5) is 5.82 Å². The van der Waals surface area contributed by atoms with Gasteiger partial charge in [-0.3, -0.25) is 9.59 Å². The first-order chi connectivity index (χ1) is 16.9. The molecule has 7 nitrogen and oxygen atoms in total. The second kappa shape index (κ2) is 10.1. The average Bonchev–Trinajstić information content (AvgIpc) is 3.57. The Morgan fingerprint density at radius 2 is 1.86 bits per heavy atom. The van der Waals surface area contributed by atoms with Crippen molar-refractivity contribution in [3.8, 4) is 0 Å². The Hall–Kier alpha value is -3.32. The van der Waals surface area contributed by atoms with E-state index in [1.54, 1.807) is 30.5 Å². The van der Waals surface area contributed by atoms with E-state index in [-0.39, 0.29) is 24.4 Å². The molecule has 1 aliphatic carbocycles. The number of carbonyl (C=O) groups is 3. The number of aryl methyl sites for hydroxylation is 1. The second-order valence-electron chi connectivity index (χ2n) is 9.35. The van der Waals surface area contributed by atoms with E-state index in [0.29, 0.717) is 17.8 Å². The van der Waals surface area contributed by atoms with Crippen LogP contribution in [0.3, 0.4) is 0 Å². The number of pyridine rings is 1. The van der Waals surface area contributed by atoms with Crippen LogP contribution in [0.1, 0.15) is 78.7 Å². The van der Waals surface area contributed by atoms with Crippen molar-refractivity contribution in [2.75, 3.05) is 12.3 Å². The van der Waals surface area contributed by atoms with Crippen molar-refractivity contribution in [2.45, 2.75) is 70.0 Å². The maximum atomic E-state index is 13.5. The van der Waals surface area contributed by atoms with E-state index in [0.717, 1.165) is 43.2 Å². The molecule has 35 heavy (non-hydrogen) atoms. The molecule has 2 N–H and O–H groups in total. The molecule has 1 aliphatic heterocycles. The number of rotatable bonds is 11. The lowest BCUT2D eigenvalue weighted by atomic mass is 9.72. The number of anilines is 1. The van der Waals surface area contributed by atoms with Crippen LogP contribution in [0.25, 0.3) is 0 Å². The standard InChI is InChI=1S/C28H32N2O5/c1-3-4-5-8-17-34-26(33)28-25(32)22-10-7-6-9-21(22)24(31)27(28,35-28)15-13-19(2)11-12-20-14-16-30-23(29)18-20/h6-7,9-10,13-14,16,18H,3-5,8,11-12,15,17H2,1-2H3,(H2,29,30). The molecule has 0 amide bonds. The number of Topliss-reactive ketones (excluding diaryl/α,β-unsaturated/α-hetero) is 2. The molecule has 1 aromatic heterocycles. The quantitative estimate of drug-likeness (QED) is 0.165. The van der Waals surface area contributed by atoms with Crippen molar-refractivity contribution in [1.82, 2.24) is 4.98 Å². The first kappa shape index (κ1) is 24.8. The van der Waals surface area contributed by atoms with Gasteiger partial charge in [-0.15, -0.1) is 0 Å². The van der Waals surface area contributed by atoms with Crippen molar-refractivity contribution in [1.29, 1.82) is 0 Å². The lowest BCUT2D eigenvalue weighted by Gasteiger charge is -2.23. The van der Waals surface area contributed by atoms with Crippen LogP contribution in [0.5, 0.6) is 0 Å². The number of nitrogens with two attached hydrogens (primary N) is 1. The molecule has 2 unspecified atom stereocenters. The van der Waals surface area contributed by atoms with Crippen molar-refractivity contribution in [3.63, 3.8) is 0 Å². The topological polar surface area (TPSA) is 112 Å². The number of esters is 1. The molecule has 2 aliphatic rings. The number of ketones is 2. The van der Waals surface area contributed by atoms with Crippen LogP contribution in [-0.2, 0) is 20.7 Å². The third-order valence-corrected chi connectivity index (χ3v) is 6.87. The van der Waals surface area contributed by atoms with E-state index in [1.807, 2.05) is 25.1 Å². The van der Waals surface area contributed by atoms with Gasteiger partial charge in [0.25, 0.3) is 5.60 Å². The molecule has 1 aromatic carbocycles. The molecule has 4 rings (SSSR count). The summed E-state index contributed by atoms with van der Waals surface area (Å²) in [5.74, 6) is -1.14. The largest absolute Gasteiger partial charge is 0.463 e. The number of hydrogen-bond acceptors (Lipinski definition) is 7. The Morgan fingerprint density at radius 1 is 1.11 bits per heavy atom. The van der Waals surface area contributed by atoms with E-state index in [2.05, 4.69) is 11.9 Å². The van der Waals surface area contributed by atoms with E-state index in [4.69, 9.17) is 15.2 Å². The summed E-state index contributed by atoms with van der Waals surface area (Å²) in [6.45, 7) is 4.26. The smallest absolute Gasteiger partial charge is 0.350 e. The molecular formula is C28H32N2O5. The number of fused-ring (bicyclic) bond motifs is 2. The number of allylic oxidation sites excluding steroid dienone is 1. The van der Waals surface area contributed by atoms with Gasteiger partial charge in [-0.05, 0) is 43.9 Å². The molecule has 2 aromatic rings. The lowest BCUT2D eigenvalue weighted by Crippen LogP contribution is -2.50. The van der Waals surface area contributed by atoms with Crippen molar-refractivity contribution in [3.05, 3.63) is 70.9 Å². The SMILES string of the molecule is CCCCCCOC(=O)C12OC1(CC=C(C)CCc1ccnc(N)c1)C(=O)c1ccccc1C2=O. The van der Waals surface area contributed by atoms with Gasteiger partial charge >= 0.3 is 5.97 Å². The molecule has 0 saturated carbocycles. The molecule has 7 heteroatoms. The number of unbranched alkanes of at least 4 members (excludes halogenated alkanes) is 3. The summed E-state index contributed by atoms with van der Waals surface area (Å²) in [4.78, 5) is 44.2. The summed E-state index contributed by atoms with van der Waals surface area (Å²) in [6, 6.07) is 10.3. The minimum absolute atomic E-state index is 0.126. The van der Waals surface area contributed by atoms with Crippen molar-refractivity contribution >= 4 is 23.4 Å². The van der Waals surface area contributed by atoms with Crippen molar-refractivity contribution in [2.24, 2.45) is 0 Å². The van der Waals surface area contributed by atoms with Crippen molar-refractivity contribution < 1.29 is 23.9 Å². The Labute approximate surface area is 205 Å². The van der Waals surface area contributed by atoms with E-state index in [9.17, 15) is 14.4 Å². The van der Waals surface area contributed by atoms with Gasteiger partial charge < -0.3 is 15.2 Å². The van der Waals surface area contributed by atoms with Gasteiger partial charge in [0, 0.05) is 23.7 Å². The fourth-order valence-corrected chi connectivity index (χ4v) is 4.74. The summed E-state index contributed by atoms with van der Waals surface area (Å²) in [5, 5.41) is 0. The third-order valence-electron chi connectivity index (χ3n) is 6.87. The second-order valence-corrected chi connectivity index (χ2v) is 9.35. The van der Waals surface area contributed by atoms with Crippen LogP contribution in [-0.4, -0.2) is 40.3 Å². The molecule has 0 spiro atoms. The minimum Gasteiger partial charge on any atom is -0.463 e. The first-order valence-corrected chi connectivity index (χ1v) is 12.3. The summed E-state index contributed by atoms with van der Waals surface area (Å²) < 4.78 is 11.4.